The van der Waals surface area contributed by atoms with Crippen LogP contribution in [0.1, 0.15) is 32.1 Å². The van der Waals surface area contributed by atoms with Gasteiger partial charge < -0.3 is 16.0 Å². The van der Waals surface area contributed by atoms with E-state index in [0.717, 1.165) is 45.3 Å². The Morgan fingerprint density at radius 1 is 1.30 bits per heavy atom. The molecule has 0 atom stereocenters. The van der Waals surface area contributed by atoms with Gasteiger partial charge in [-0.1, -0.05) is 11.8 Å². The maximum absolute atomic E-state index is 12.3. The fourth-order valence-electron chi connectivity index (χ4n) is 3.33. The van der Waals surface area contributed by atoms with Crippen LogP contribution in [0.2, 0.25) is 0 Å². The summed E-state index contributed by atoms with van der Waals surface area (Å²) in [6.45, 7) is 2.29. The molecule has 0 aliphatic carbocycles. The van der Waals surface area contributed by atoms with Crippen molar-refractivity contribution in [3.05, 3.63) is 0 Å². The number of likely N-dealkylation sites (tertiary alicyclic amines) is 1. The zero-order valence-electron chi connectivity index (χ0n) is 13.0. The number of thioether (sulfide) groups is 1. The monoisotopic (exact) mass is 338 g/mol. The minimum Gasteiger partial charge on any atom is -0.368 e. The standard InChI is InChI=1S/C14H22N6O2S/c15-12-17-13(19-18-12)23-9-11(22)20-7-4-14(5-8-20)2-1-10(21)16-6-3-14/h1-9H2,(H,16,21)(H3,15,17,18,19). The number of hydrogen-bond acceptors (Lipinski definition) is 6. The number of nitrogens with one attached hydrogen (secondary N) is 2. The van der Waals surface area contributed by atoms with Crippen molar-refractivity contribution in [3.8, 4) is 0 Å². The number of H-pyrrole nitrogens is 1. The van der Waals surface area contributed by atoms with Crippen LogP contribution >= 0.6 is 11.8 Å². The van der Waals surface area contributed by atoms with Crippen LogP contribution in [0.15, 0.2) is 5.16 Å². The first-order valence-electron chi connectivity index (χ1n) is 7.92. The maximum Gasteiger partial charge on any atom is 0.233 e. The molecule has 3 rings (SSSR count). The van der Waals surface area contributed by atoms with Gasteiger partial charge in [-0.2, -0.15) is 4.98 Å². The van der Waals surface area contributed by atoms with E-state index in [1.807, 2.05) is 4.90 Å². The van der Waals surface area contributed by atoms with E-state index < -0.39 is 0 Å². The molecule has 126 valence electrons. The van der Waals surface area contributed by atoms with E-state index in [4.69, 9.17) is 5.73 Å². The first kappa shape index (κ1) is 16.1. The number of nitrogen functional groups attached to an aromatic ring is 1. The van der Waals surface area contributed by atoms with Gasteiger partial charge in [-0.15, -0.1) is 5.10 Å². The van der Waals surface area contributed by atoms with Gasteiger partial charge in [0.25, 0.3) is 0 Å². The molecule has 23 heavy (non-hydrogen) atoms. The highest BCUT2D eigenvalue weighted by Gasteiger charge is 2.37. The van der Waals surface area contributed by atoms with Gasteiger partial charge in [0.15, 0.2) is 0 Å². The molecule has 8 nitrogen and oxygen atoms in total. The van der Waals surface area contributed by atoms with Crippen LogP contribution in [0, 0.1) is 5.41 Å². The van der Waals surface area contributed by atoms with E-state index in [2.05, 4.69) is 20.5 Å². The quantitative estimate of drug-likeness (QED) is 0.686. The lowest BCUT2D eigenvalue weighted by Gasteiger charge is -2.41. The molecular formula is C14H22N6O2S. The Morgan fingerprint density at radius 3 is 2.78 bits per heavy atom. The third kappa shape index (κ3) is 3.95. The summed E-state index contributed by atoms with van der Waals surface area (Å²) in [5.74, 6) is 0.847. The number of hydrogen-bond donors (Lipinski definition) is 3. The molecule has 2 saturated heterocycles. The van der Waals surface area contributed by atoms with Gasteiger partial charge in [0.1, 0.15) is 0 Å². The number of nitrogens with two attached hydrogens (primary N) is 1. The van der Waals surface area contributed by atoms with Gasteiger partial charge in [-0.05, 0) is 31.1 Å². The zero-order chi connectivity index (χ0) is 16.3. The van der Waals surface area contributed by atoms with Crippen molar-refractivity contribution in [2.75, 3.05) is 31.1 Å². The Morgan fingerprint density at radius 2 is 2.09 bits per heavy atom. The molecule has 0 bridgehead atoms. The molecule has 3 heterocycles. The number of nitrogens with zero attached hydrogens (tertiary/aromatic N) is 3. The lowest BCUT2D eigenvalue weighted by Crippen LogP contribution is -2.44. The molecule has 0 radical (unpaired) electrons. The highest BCUT2D eigenvalue weighted by Crippen LogP contribution is 2.40. The number of rotatable bonds is 3. The first-order valence-corrected chi connectivity index (χ1v) is 8.90. The zero-order valence-corrected chi connectivity index (χ0v) is 13.8. The normalized spacial score (nSPS) is 21.0. The van der Waals surface area contributed by atoms with Crippen molar-refractivity contribution < 1.29 is 9.59 Å². The second-order valence-corrected chi connectivity index (χ2v) is 7.22. The molecule has 2 amide bonds. The Kier molecular flexibility index (Phi) is 4.74. The van der Waals surface area contributed by atoms with E-state index in [9.17, 15) is 9.59 Å². The Hall–Kier alpha value is -1.77. The largest absolute Gasteiger partial charge is 0.368 e. The Labute approximate surface area is 139 Å². The minimum atomic E-state index is 0.107. The molecule has 4 N–H and O–H groups in total. The molecule has 1 spiro atoms. The first-order chi connectivity index (χ1) is 11.1. The van der Waals surface area contributed by atoms with Crippen molar-refractivity contribution in [1.29, 1.82) is 0 Å². The molecule has 2 aliphatic heterocycles. The number of piperidine rings is 1. The Bertz CT molecular complexity index is 582. The van der Waals surface area contributed by atoms with Gasteiger partial charge >= 0.3 is 0 Å². The van der Waals surface area contributed by atoms with E-state index in [1.54, 1.807) is 0 Å². The molecule has 0 saturated carbocycles. The molecule has 0 unspecified atom stereocenters. The van der Waals surface area contributed by atoms with Gasteiger partial charge in [-0.3, -0.25) is 9.59 Å². The molecule has 1 aromatic heterocycles. The highest BCUT2D eigenvalue weighted by molar-refractivity contribution is 7.99. The van der Waals surface area contributed by atoms with Crippen LogP contribution < -0.4 is 11.1 Å². The minimum absolute atomic E-state index is 0.107. The van der Waals surface area contributed by atoms with Crippen LogP contribution in [0.4, 0.5) is 5.95 Å². The summed E-state index contributed by atoms with van der Waals surface area (Å²) in [6, 6.07) is 0. The summed E-state index contributed by atoms with van der Waals surface area (Å²) in [6.07, 6.45) is 4.52. The summed E-state index contributed by atoms with van der Waals surface area (Å²) >= 11 is 1.29. The third-order valence-electron chi connectivity index (χ3n) is 4.84. The van der Waals surface area contributed by atoms with E-state index in [1.165, 1.54) is 11.8 Å². The number of aromatic nitrogens is 3. The molecular weight excluding hydrogens is 316 g/mol. The maximum atomic E-state index is 12.3. The highest BCUT2D eigenvalue weighted by atomic mass is 32.2. The topological polar surface area (TPSA) is 117 Å². The van der Waals surface area contributed by atoms with E-state index in [-0.39, 0.29) is 23.2 Å². The molecule has 9 heteroatoms. The van der Waals surface area contributed by atoms with Crippen LogP contribution in [-0.2, 0) is 9.59 Å². The number of anilines is 1. The summed E-state index contributed by atoms with van der Waals surface area (Å²) in [4.78, 5) is 29.7. The summed E-state index contributed by atoms with van der Waals surface area (Å²) < 4.78 is 0. The predicted octanol–water partition coefficient (Wildman–Crippen LogP) is 0.388. The average molecular weight is 338 g/mol. The number of aromatic amines is 1. The number of amides is 2. The van der Waals surface area contributed by atoms with E-state index >= 15 is 0 Å². The Balaban J connectivity index is 1.48. The predicted molar refractivity (Wildman–Crippen MR) is 86.6 cm³/mol. The summed E-state index contributed by atoms with van der Waals surface area (Å²) in [7, 11) is 0. The van der Waals surface area contributed by atoms with Gasteiger partial charge in [0.05, 0.1) is 5.75 Å². The van der Waals surface area contributed by atoms with Gasteiger partial charge in [0.2, 0.25) is 22.9 Å². The van der Waals surface area contributed by atoms with Crippen molar-refractivity contribution in [2.24, 2.45) is 5.41 Å². The fourth-order valence-corrected chi connectivity index (χ4v) is 4.04. The average Bonchev–Trinajstić information content (AvgIpc) is 2.88. The summed E-state index contributed by atoms with van der Waals surface area (Å²) in [5, 5.41) is 9.91. The smallest absolute Gasteiger partial charge is 0.233 e. The SMILES string of the molecule is Nc1nc(SCC(=O)N2CCC3(CCNC(=O)CC3)CC2)n[nH]1. The lowest BCUT2D eigenvalue weighted by molar-refractivity contribution is -0.131. The molecule has 1 aromatic rings. The van der Waals surface area contributed by atoms with Crippen LogP contribution in [0.3, 0.4) is 0 Å². The van der Waals surface area contributed by atoms with Crippen molar-refractivity contribution in [1.82, 2.24) is 25.4 Å². The van der Waals surface area contributed by atoms with Crippen LogP contribution in [0.25, 0.3) is 0 Å². The van der Waals surface area contributed by atoms with E-state index in [0.29, 0.717) is 17.3 Å². The fraction of sp³-hybridized carbons (Fsp3) is 0.714. The molecule has 0 aromatic carbocycles. The van der Waals surface area contributed by atoms with Crippen molar-refractivity contribution >= 4 is 29.5 Å². The summed E-state index contributed by atoms with van der Waals surface area (Å²) in [5.41, 5.74) is 5.69. The van der Waals surface area contributed by atoms with Crippen molar-refractivity contribution in [3.63, 3.8) is 0 Å². The van der Waals surface area contributed by atoms with Gasteiger partial charge in [0, 0.05) is 26.1 Å². The molecule has 2 fully saturated rings. The lowest BCUT2D eigenvalue weighted by atomic mass is 9.73. The van der Waals surface area contributed by atoms with Crippen LogP contribution in [-0.4, -0.2) is 57.3 Å². The van der Waals surface area contributed by atoms with Crippen LogP contribution in [0.5, 0.6) is 0 Å². The van der Waals surface area contributed by atoms with Gasteiger partial charge in [-0.25, -0.2) is 5.10 Å². The second kappa shape index (κ2) is 6.77. The number of carbonyl (C=O) groups is 2. The van der Waals surface area contributed by atoms with Crippen molar-refractivity contribution in [2.45, 2.75) is 37.3 Å². The number of carbonyl (C=O) groups excluding carboxylic acids is 2. The third-order valence-corrected chi connectivity index (χ3v) is 5.68. The molecule has 2 aliphatic rings. The second-order valence-electron chi connectivity index (χ2n) is 6.27.